The van der Waals surface area contributed by atoms with E-state index in [1.165, 1.54) is 13.0 Å². The van der Waals surface area contributed by atoms with Crippen LogP contribution in [0.25, 0.3) is 0 Å². The second kappa shape index (κ2) is 5.72. The van der Waals surface area contributed by atoms with E-state index in [4.69, 9.17) is 0 Å². The van der Waals surface area contributed by atoms with E-state index < -0.39 is 0 Å². The van der Waals surface area contributed by atoms with Gasteiger partial charge in [-0.1, -0.05) is 20.3 Å². The Morgan fingerprint density at radius 1 is 1.29 bits per heavy atom. The number of rotatable bonds is 3. The highest BCUT2D eigenvalue weighted by Gasteiger charge is 2.21. The number of hydrogen-bond acceptors (Lipinski definition) is 2. The Bertz CT molecular complexity index is 160. The number of hydrogen-bond donors (Lipinski definition) is 1. The second-order valence-electron chi connectivity index (χ2n) is 4.75. The minimum atomic E-state index is -0.0517. The van der Waals surface area contributed by atoms with Crippen LogP contribution in [0.1, 0.15) is 46.5 Å². The quantitative estimate of drug-likeness (QED) is 0.753. The molecule has 0 spiro atoms. The van der Waals surface area contributed by atoms with Gasteiger partial charge in [-0.05, 0) is 38.6 Å². The average molecular weight is 199 g/mol. The molecular formula is C12H25NO. The molecule has 0 amide bonds. The van der Waals surface area contributed by atoms with Crippen LogP contribution in [0.15, 0.2) is 0 Å². The van der Waals surface area contributed by atoms with E-state index >= 15 is 0 Å². The molecule has 1 heterocycles. The van der Waals surface area contributed by atoms with Crippen LogP contribution >= 0.6 is 0 Å². The molecule has 0 aromatic rings. The third kappa shape index (κ3) is 3.25. The molecule has 0 aromatic carbocycles. The van der Waals surface area contributed by atoms with Crippen LogP contribution in [0.4, 0.5) is 0 Å². The molecule has 3 unspecified atom stereocenters. The largest absolute Gasteiger partial charge is 0.393 e. The molecule has 2 nitrogen and oxygen atoms in total. The minimum absolute atomic E-state index is 0.0517. The van der Waals surface area contributed by atoms with Gasteiger partial charge in [0.15, 0.2) is 0 Å². The summed E-state index contributed by atoms with van der Waals surface area (Å²) in [5.74, 6) is 0.769. The van der Waals surface area contributed by atoms with Gasteiger partial charge in [-0.25, -0.2) is 0 Å². The third-order valence-corrected chi connectivity index (χ3v) is 3.78. The summed E-state index contributed by atoms with van der Waals surface area (Å²) in [4.78, 5) is 2.55. The van der Waals surface area contributed by atoms with Gasteiger partial charge >= 0.3 is 0 Å². The number of aliphatic hydroxyl groups is 1. The van der Waals surface area contributed by atoms with Gasteiger partial charge in [0, 0.05) is 12.6 Å². The predicted octanol–water partition coefficient (Wildman–Crippen LogP) is 2.27. The average Bonchev–Trinajstić information content (AvgIpc) is 2.40. The highest BCUT2D eigenvalue weighted by molar-refractivity contribution is 4.76. The molecule has 1 fully saturated rings. The van der Waals surface area contributed by atoms with Gasteiger partial charge in [0.05, 0.1) is 6.10 Å². The number of likely N-dealkylation sites (tertiary alicyclic amines) is 1. The van der Waals surface area contributed by atoms with Crippen molar-refractivity contribution in [3.63, 3.8) is 0 Å². The van der Waals surface area contributed by atoms with Crippen LogP contribution in [0.3, 0.4) is 0 Å². The summed E-state index contributed by atoms with van der Waals surface area (Å²) >= 11 is 0. The van der Waals surface area contributed by atoms with Gasteiger partial charge in [-0.2, -0.15) is 0 Å². The zero-order valence-electron chi connectivity index (χ0n) is 9.87. The zero-order chi connectivity index (χ0) is 10.6. The normalized spacial score (nSPS) is 29.6. The van der Waals surface area contributed by atoms with Crippen molar-refractivity contribution in [1.29, 1.82) is 0 Å². The monoisotopic (exact) mass is 199 g/mol. The van der Waals surface area contributed by atoms with Crippen molar-refractivity contribution in [3.8, 4) is 0 Å². The molecule has 3 atom stereocenters. The molecular weight excluding hydrogens is 174 g/mol. The summed E-state index contributed by atoms with van der Waals surface area (Å²) in [6.07, 6.45) is 4.30. The number of aliphatic hydroxyl groups excluding tert-OH is 1. The van der Waals surface area contributed by atoms with Crippen LogP contribution < -0.4 is 0 Å². The first-order valence-electron chi connectivity index (χ1n) is 6.07. The van der Waals surface area contributed by atoms with Crippen LogP contribution in [0.2, 0.25) is 0 Å². The van der Waals surface area contributed by atoms with Crippen LogP contribution in [0.5, 0.6) is 0 Å². The Balaban J connectivity index is 2.42. The smallest absolute Gasteiger partial charge is 0.0553 e. The summed E-state index contributed by atoms with van der Waals surface area (Å²) < 4.78 is 0. The first-order chi connectivity index (χ1) is 6.65. The Hall–Kier alpha value is -0.0800. The molecule has 0 bridgehead atoms. The molecule has 1 saturated heterocycles. The standard InChI is InChI=1S/C12H25NO/c1-4-10(2)11(3)13-8-5-6-12(14)7-9-13/h10-12,14H,4-9H2,1-3H3. The van der Waals surface area contributed by atoms with Crippen molar-refractivity contribution < 1.29 is 5.11 Å². The van der Waals surface area contributed by atoms with Crippen molar-refractivity contribution >= 4 is 0 Å². The SMILES string of the molecule is CCC(C)C(C)N1CCCC(O)CC1. The first-order valence-corrected chi connectivity index (χ1v) is 6.07. The molecule has 0 aromatic heterocycles. The molecule has 1 aliphatic rings. The maximum atomic E-state index is 9.56. The fourth-order valence-electron chi connectivity index (χ4n) is 2.21. The Labute approximate surface area is 88.3 Å². The molecule has 0 saturated carbocycles. The molecule has 14 heavy (non-hydrogen) atoms. The van der Waals surface area contributed by atoms with E-state index in [9.17, 15) is 5.11 Å². The first kappa shape index (κ1) is 12.0. The molecule has 84 valence electrons. The molecule has 1 N–H and O–H groups in total. The van der Waals surface area contributed by atoms with Crippen LogP contribution in [0, 0.1) is 5.92 Å². The fraction of sp³-hybridized carbons (Fsp3) is 1.00. The molecule has 2 heteroatoms. The van der Waals surface area contributed by atoms with E-state index in [1.807, 2.05) is 0 Å². The van der Waals surface area contributed by atoms with Crippen LogP contribution in [-0.4, -0.2) is 35.2 Å². The summed E-state index contributed by atoms with van der Waals surface area (Å²) in [6, 6.07) is 0.672. The zero-order valence-corrected chi connectivity index (χ0v) is 9.87. The lowest BCUT2D eigenvalue weighted by Crippen LogP contribution is -2.38. The summed E-state index contributed by atoms with van der Waals surface area (Å²) in [5.41, 5.74) is 0. The topological polar surface area (TPSA) is 23.5 Å². The summed E-state index contributed by atoms with van der Waals surface area (Å²) in [5, 5.41) is 9.56. The van der Waals surface area contributed by atoms with Crippen molar-refractivity contribution in [2.45, 2.75) is 58.6 Å². The van der Waals surface area contributed by atoms with Gasteiger partial charge in [-0.15, -0.1) is 0 Å². The molecule has 1 rings (SSSR count). The molecule has 0 radical (unpaired) electrons. The highest BCUT2D eigenvalue weighted by Crippen LogP contribution is 2.19. The van der Waals surface area contributed by atoms with E-state index in [0.717, 1.165) is 31.7 Å². The third-order valence-electron chi connectivity index (χ3n) is 3.78. The Kier molecular flexibility index (Phi) is 4.90. The maximum absolute atomic E-state index is 9.56. The summed E-state index contributed by atoms with van der Waals surface area (Å²) in [6.45, 7) is 9.15. The maximum Gasteiger partial charge on any atom is 0.0553 e. The van der Waals surface area contributed by atoms with Crippen molar-refractivity contribution in [3.05, 3.63) is 0 Å². The molecule has 1 aliphatic heterocycles. The Morgan fingerprint density at radius 2 is 2.00 bits per heavy atom. The van der Waals surface area contributed by atoms with Gasteiger partial charge < -0.3 is 10.0 Å². The lowest BCUT2D eigenvalue weighted by Gasteiger charge is -2.31. The lowest BCUT2D eigenvalue weighted by atomic mass is 9.99. The van der Waals surface area contributed by atoms with E-state index in [-0.39, 0.29) is 6.10 Å². The van der Waals surface area contributed by atoms with E-state index in [1.54, 1.807) is 0 Å². The van der Waals surface area contributed by atoms with E-state index in [2.05, 4.69) is 25.7 Å². The summed E-state index contributed by atoms with van der Waals surface area (Å²) in [7, 11) is 0. The van der Waals surface area contributed by atoms with Crippen molar-refractivity contribution in [2.24, 2.45) is 5.92 Å². The number of nitrogens with zero attached hydrogens (tertiary/aromatic N) is 1. The van der Waals surface area contributed by atoms with Crippen molar-refractivity contribution in [1.82, 2.24) is 4.90 Å². The lowest BCUT2D eigenvalue weighted by molar-refractivity contribution is 0.136. The highest BCUT2D eigenvalue weighted by atomic mass is 16.3. The van der Waals surface area contributed by atoms with Gasteiger partial charge in [0.2, 0.25) is 0 Å². The van der Waals surface area contributed by atoms with E-state index in [0.29, 0.717) is 6.04 Å². The van der Waals surface area contributed by atoms with Gasteiger partial charge in [-0.3, -0.25) is 0 Å². The molecule has 0 aliphatic carbocycles. The van der Waals surface area contributed by atoms with Crippen LogP contribution in [-0.2, 0) is 0 Å². The second-order valence-corrected chi connectivity index (χ2v) is 4.75. The fourth-order valence-corrected chi connectivity index (χ4v) is 2.21. The Morgan fingerprint density at radius 3 is 2.64 bits per heavy atom. The predicted molar refractivity (Wildman–Crippen MR) is 60.3 cm³/mol. The van der Waals surface area contributed by atoms with Gasteiger partial charge in [0.25, 0.3) is 0 Å². The van der Waals surface area contributed by atoms with Crippen molar-refractivity contribution in [2.75, 3.05) is 13.1 Å². The van der Waals surface area contributed by atoms with Gasteiger partial charge in [0.1, 0.15) is 0 Å². The minimum Gasteiger partial charge on any atom is -0.393 e.